The molecule has 28 heavy (non-hydrogen) atoms. The van der Waals surface area contributed by atoms with Crippen molar-refractivity contribution in [1.82, 2.24) is 19.2 Å². The smallest absolute Gasteiger partial charge is 0.268 e. The van der Waals surface area contributed by atoms with Crippen molar-refractivity contribution in [3.05, 3.63) is 51.1 Å². The van der Waals surface area contributed by atoms with Crippen molar-refractivity contribution in [3.63, 3.8) is 0 Å². The zero-order valence-corrected chi connectivity index (χ0v) is 17.6. The fourth-order valence-corrected chi connectivity index (χ4v) is 6.44. The third kappa shape index (κ3) is 2.63. The Morgan fingerprint density at radius 2 is 2.07 bits per heavy atom. The number of thiophene rings is 1. The van der Waals surface area contributed by atoms with E-state index in [0.717, 1.165) is 46.1 Å². The van der Waals surface area contributed by atoms with E-state index in [1.54, 1.807) is 27.7 Å². The molecule has 0 bridgehead atoms. The number of hydrogen-bond donors (Lipinski definition) is 0. The fourth-order valence-electron chi connectivity index (χ4n) is 4.15. The van der Waals surface area contributed by atoms with Crippen molar-refractivity contribution in [2.24, 2.45) is 0 Å². The van der Waals surface area contributed by atoms with Gasteiger partial charge in [-0.3, -0.25) is 4.79 Å². The SMILES string of the molecule is CCCSc1nnc2n(-c3ccccc3)c(=O)c3c4c(sc3n12)CCC[C@@H]4C. The van der Waals surface area contributed by atoms with Gasteiger partial charge < -0.3 is 0 Å². The molecule has 5 nitrogen and oxygen atoms in total. The van der Waals surface area contributed by atoms with Crippen molar-refractivity contribution in [1.29, 1.82) is 0 Å². The normalized spacial score (nSPS) is 16.7. The van der Waals surface area contributed by atoms with E-state index >= 15 is 0 Å². The molecule has 1 atom stereocenters. The van der Waals surface area contributed by atoms with E-state index < -0.39 is 0 Å². The van der Waals surface area contributed by atoms with E-state index in [2.05, 4.69) is 28.4 Å². The average molecular weight is 411 g/mol. The van der Waals surface area contributed by atoms with Crippen LogP contribution in [-0.4, -0.2) is 24.9 Å². The minimum atomic E-state index is 0.0272. The van der Waals surface area contributed by atoms with Crippen LogP contribution in [0.15, 0.2) is 40.3 Å². The van der Waals surface area contributed by atoms with E-state index in [0.29, 0.717) is 11.7 Å². The predicted octanol–water partition coefficient (Wildman–Crippen LogP) is 5.04. The summed E-state index contributed by atoms with van der Waals surface area (Å²) in [4.78, 5) is 16.1. The van der Waals surface area contributed by atoms with Crippen LogP contribution in [0.2, 0.25) is 0 Å². The second-order valence-corrected chi connectivity index (χ2v) is 9.50. The lowest BCUT2D eigenvalue weighted by Crippen LogP contribution is -2.22. The van der Waals surface area contributed by atoms with Gasteiger partial charge in [0.25, 0.3) is 5.56 Å². The van der Waals surface area contributed by atoms with E-state index in [1.807, 2.05) is 30.3 Å². The second kappa shape index (κ2) is 7.04. The van der Waals surface area contributed by atoms with Crippen LogP contribution in [0.5, 0.6) is 0 Å². The van der Waals surface area contributed by atoms with Gasteiger partial charge in [-0.2, -0.15) is 0 Å². The molecule has 0 N–H and O–H groups in total. The van der Waals surface area contributed by atoms with Gasteiger partial charge in [-0.05, 0) is 49.3 Å². The quantitative estimate of drug-likeness (QED) is 0.443. The Bertz CT molecular complexity index is 1220. The number of fused-ring (bicyclic) bond motifs is 5. The van der Waals surface area contributed by atoms with Crippen LogP contribution in [0.1, 0.15) is 49.5 Å². The second-order valence-electron chi connectivity index (χ2n) is 7.35. The number of hydrogen-bond acceptors (Lipinski definition) is 5. The first-order valence-electron chi connectivity index (χ1n) is 9.84. The molecule has 0 saturated heterocycles. The Hall–Kier alpha value is -2.12. The maximum absolute atomic E-state index is 13.7. The minimum Gasteiger partial charge on any atom is -0.268 e. The number of para-hydroxylation sites is 1. The minimum absolute atomic E-state index is 0.0272. The molecule has 3 heterocycles. The molecule has 1 aliphatic carbocycles. The van der Waals surface area contributed by atoms with Crippen LogP contribution in [0.25, 0.3) is 21.7 Å². The molecule has 3 aromatic heterocycles. The molecule has 7 heteroatoms. The number of benzene rings is 1. The van der Waals surface area contributed by atoms with Gasteiger partial charge in [0.15, 0.2) is 5.16 Å². The van der Waals surface area contributed by atoms with Crippen LogP contribution in [-0.2, 0) is 6.42 Å². The summed E-state index contributed by atoms with van der Waals surface area (Å²) >= 11 is 3.47. The molecule has 0 unspecified atom stereocenters. The van der Waals surface area contributed by atoms with Gasteiger partial charge in [-0.1, -0.05) is 43.8 Å². The molecule has 1 aromatic carbocycles. The Balaban J connectivity index is 1.93. The molecule has 0 spiro atoms. The highest BCUT2D eigenvalue weighted by atomic mass is 32.2. The number of aromatic nitrogens is 4. The van der Waals surface area contributed by atoms with Gasteiger partial charge in [0, 0.05) is 10.6 Å². The largest absolute Gasteiger partial charge is 0.268 e. The summed E-state index contributed by atoms with van der Waals surface area (Å²) in [6.45, 7) is 4.41. The molecule has 5 rings (SSSR count). The molecule has 4 aromatic rings. The first-order chi connectivity index (χ1) is 13.7. The third-order valence-corrected chi connectivity index (χ3v) is 7.81. The maximum Gasteiger partial charge on any atom is 0.268 e. The standard InChI is InChI=1S/C21H22N4OS2/c1-3-12-27-21-23-22-20-24(14-9-5-4-6-10-14)18(26)17-16-13(2)8-7-11-15(16)28-19(17)25(20)21/h4-6,9-10,13H,3,7-8,11-12H2,1-2H3/t13-/m0/s1. The Morgan fingerprint density at radius 1 is 1.25 bits per heavy atom. The summed E-state index contributed by atoms with van der Waals surface area (Å²) < 4.78 is 3.85. The summed E-state index contributed by atoms with van der Waals surface area (Å²) in [5.41, 5.74) is 2.12. The monoisotopic (exact) mass is 410 g/mol. The molecular weight excluding hydrogens is 388 g/mol. The highest BCUT2D eigenvalue weighted by Crippen LogP contribution is 2.41. The Morgan fingerprint density at radius 3 is 2.86 bits per heavy atom. The lowest BCUT2D eigenvalue weighted by Gasteiger charge is -2.18. The molecule has 144 valence electrons. The summed E-state index contributed by atoms with van der Waals surface area (Å²) in [5, 5.41) is 10.6. The molecular formula is C21H22N4OS2. The van der Waals surface area contributed by atoms with Gasteiger partial charge in [0.1, 0.15) is 4.83 Å². The lowest BCUT2D eigenvalue weighted by atomic mass is 9.88. The third-order valence-electron chi connectivity index (χ3n) is 5.42. The topological polar surface area (TPSA) is 52.2 Å². The van der Waals surface area contributed by atoms with Crippen molar-refractivity contribution >= 4 is 39.1 Å². The molecule has 0 amide bonds. The van der Waals surface area contributed by atoms with E-state index in [4.69, 9.17) is 0 Å². The Labute approximate surface area is 171 Å². The predicted molar refractivity (Wildman–Crippen MR) is 116 cm³/mol. The number of thioether (sulfide) groups is 1. The summed E-state index contributed by atoms with van der Waals surface area (Å²) in [7, 11) is 0. The lowest BCUT2D eigenvalue weighted by molar-refractivity contribution is 0.601. The zero-order valence-electron chi connectivity index (χ0n) is 16.0. The first kappa shape index (κ1) is 17.9. The fraction of sp³-hybridized carbons (Fsp3) is 0.381. The van der Waals surface area contributed by atoms with Crippen molar-refractivity contribution in [2.75, 3.05) is 5.75 Å². The highest BCUT2D eigenvalue weighted by molar-refractivity contribution is 7.99. The van der Waals surface area contributed by atoms with E-state index in [1.165, 1.54) is 16.9 Å². The van der Waals surface area contributed by atoms with Crippen LogP contribution >= 0.6 is 23.1 Å². The van der Waals surface area contributed by atoms with Crippen LogP contribution in [0.3, 0.4) is 0 Å². The molecule has 1 aliphatic rings. The van der Waals surface area contributed by atoms with Gasteiger partial charge in [0.2, 0.25) is 5.78 Å². The van der Waals surface area contributed by atoms with Gasteiger partial charge in [0.05, 0.1) is 11.1 Å². The van der Waals surface area contributed by atoms with Crippen molar-refractivity contribution in [2.45, 2.75) is 50.6 Å². The number of nitrogens with zero attached hydrogens (tertiary/aromatic N) is 4. The average Bonchev–Trinajstić information content (AvgIpc) is 3.29. The van der Waals surface area contributed by atoms with Crippen LogP contribution in [0.4, 0.5) is 0 Å². The van der Waals surface area contributed by atoms with Crippen molar-refractivity contribution < 1.29 is 0 Å². The first-order valence-corrected chi connectivity index (χ1v) is 11.6. The van der Waals surface area contributed by atoms with E-state index in [-0.39, 0.29) is 5.56 Å². The zero-order chi connectivity index (χ0) is 19.3. The Kier molecular flexibility index (Phi) is 4.51. The number of aryl methyl sites for hydroxylation is 1. The van der Waals surface area contributed by atoms with Gasteiger partial charge in [-0.15, -0.1) is 21.5 Å². The summed E-state index contributed by atoms with van der Waals surface area (Å²) in [6.07, 6.45) is 4.46. The summed E-state index contributed by atoms with van der Waals surface area (Å²) in [6, 6.07) is 9.80. The van der Waals surface area contributed by atoms with Gasteiger partial charge in [-0.25, -0.2) is 8.97 Å². The van der Waals surface area contributed by atoms with Crippen LogP contribution in [0, 0.1) is 0 Å². The molecule has 0 saturated carbocycles. The van der Waals surface area contributed by atoms with Crippen molar-refractivity contribution in [3.8, 4) is 5.69 Å². The number of rotatable bonds is 4. The van der Waals surface area contributed by atoms with Gasteiger partial charge >= 0.3 is 0 Å². The molecule has 0 radical (unpaired) electrons. The summed E-state index contributed by atoms with van der Waals surface area (Å²) in [5.74, 6) is 2.00. The van der Waals surface area contributed by atoms with E-state index in [9.17, 15) is 4.79 Å². The highest BCUT2D eigenvalue weighted by Gasteiger charge is 2.28. The molecule has 0 fully saturated rings. The maximum atomic E-state index is 13.7. The molecule has 0 aliphatic heterocycles. The van der Waals surface area contributed by atoms with Crippen LogP contribution < -0.4 is 5.56 Å².